The van der Waals surface area contributed by atoms with Gasteiger partial charge in [-0.2, -0.15) is 0 Å². The molecule has 118 valence electrons. The van der Waals surface area contributed by atoms with E-state index in [4.69, 9.17) is 0 Å². The normalized spacial score (nSPS) is 13.3. The van der Waals surface area contributed by atoms with Gasteiger partial charge in [-0.25, -0.2) is 12.8 Å². The average Bonchev–Trinajstić information content (AvgIpc) is 2.48. The second-order valence-corrected chi connectivity index (χ2v) is 7.73. The third-order valence-electron chi connectivity index (χ3n) is 3.75. The van der Waals surface area contributed by atoms with Gasteiger partial charge in [0.05, 0.1) is 11.4 Å². The van der Waals surface area contributed by atoms with Gasteiger partial charge in [0.15, 0.2) is 9.84 Å². The van der Waals surface area contributed by atoms with Crippen LogP contribution in [0.15, 0.2) is 53.4 Å². The molecule has 0 bridgehead atoms. The molecule has 2 aromatic rings. The fourth-order valence-electron chi connectivity index (χ4n) is 2.39. The van der Waals surface area contributed by atoms with Crippen molar-refractivity contribution in [2.45, 2.75) is 29.9 Å². The lowest BCUT2D eigenvalue weighted by Gasteiger charge is -2.16. The molecule has 3 N–H and O–H groups in total. The molecule has 3 nitrogen and oxygen atoms in total. The smallest absolute Gasteiger partial charge is 0.190 e. The molecule has 0 saturated carbocycles. The van der Waals surface area contributed by atoms with Crippen LogP contribution in [0.1, 0.15) is 36.1 Å². The number of quaternary nitrogens is 1. The van der Waals surface area contributed by atoms with E-state index in [1.165, 1.54) is 12.1 Å². The molecular weight excluding hydrogens is 301 g/mol. The molecule has 5 heteroatoms. The van der Waals surface area contributed by atoms with E-state index >= 15 is 0 Å². The number of sulfone groups is 1. The number of rotatable bonds is 5. The first-order chi connectivity index (χ1) is 10.4. The number of hydrogen-bond acceptors (Lipinski definition) is 2. The van der Waals surface area contributed by atoms with Crippen LogP contribution < -0.4 is 5.73 Å². The molecule has 1 atom stereocenters. The molecule has 0 aromatic heterocycles. The molecule has 2 aromatic carbocycles. The summed E-state index contributed by atoms with van der Waals surface area (Å²) in [6.07, 6.45) is 0. The first kappa shape index (κ1) is 16.6. The van der Waals surface area contributed by atoms with Crippen LogP contribution >= 0.6 is 0 Å². The molecule has 0 saturated heterocycles. The standard InChI is InChI=1S/C17H20FNO2S/c1-12(2)13-3-5-14(6-4-13)17(11-19)22(20,21)16-9-7-15(18)8-10-16/h3-10,12,17H,11,19H2,1-2H3/p+1/t17-/m0/s1. The Kier molecular flexibility index (Phi) is 4.98. The summed E-state index contributed by atoms with van der Waals surface area (Å²) >= 11 is 0. The van der Waals surface area contributed by atoms with E-state index in [1.54, 1.807) is 0 Å². The monoisotopic (exact) mass is 322 g/mol. The number of benzene rings is 2. The van der Waals surface area contributed by atoms with Crippen LogP contribution in [0.25, 0.3) is 0 Å². The minimum atomic E-state index is -3.58. The first-order valence-corrected chi connectivity index (χ1v) is 8.79. The van der Waals surface area contributed by atoms with Gasteiger partial charge in [-0.1, -0.05) is 38.1 Å². The molecule has 0 aliphatic carbocycles. The van der Waals surface area contributed by atoms with Crippen molar-refractivity contribution < 1.29 is 18.5 Å². The van der Waals surface area contributed by atoms with E-state index in [1.807, 2.05) is 24.3 Å². The number of hydrogen-bond donors (Lipinski definition) is 1. The summed E-state index contributed by atoms with van der Waals surface area (Å²) < 4.78 is 38.5. The highest BCUT2D eigenvalue weighted by atomic mass is 32.2. The van der Waals surface area contributed by atoms with Gasteiger partial charge < -0.3 is 5.73 Å². The molecule has 0 heterocycles. The van der Waals surface area contributed by atoms with Crippen LogP contribution in [0.5, 0.6) is 0 Å². The maximum absolute atomic E-state index is 13.0. The van der Waals surface area contributed by atoms with Crippen LogP contribution in [0.2, 0.25) is 0 Å². The van der Waals surface area contributed by atoms with Gasteiger partial charge in [-0.15, -0.1) is 0 Å². The van der Waals surface area contributed by atoms with Crippen LogP contribution in [0.4, 0.5) is 4.39 Å². The van der Waals surface area contributed by atoms with Crippen molar-refractivity contribution in [3.8, 4) is 0 Å². The number of halogens is 1. The fraction of sp³-hybridized carbons (Fsp3) is 0.294. The summed E-state index contributed by atoms with van der Waals surface area (Å²) in [4.78, 5) is 0.121. The summed E-state index contributed by atoms with van der Waals surface area (Å²) in [6.45, 7) is 4.40. The SMILES string of the molecule is CC(C)c1ccc([C@H](C[NH3+])S(=O)(=O)c2ccc(F)cc2)cc1. The van der Waals surface area contributed by atoms with Gasteiger partial charge in [0.2, 0.25) is 0 Å². The lowest BCUT2D eigenvalue weighted by atomic mass is 10.0. The minimum Gasteiger partial charge on any atom is -0.356 e. The molecule has 0 aliphatic rings. The van der Waals surface area contributed by atoms with Crippen molar-refractivity contribution in [1.29, 1.82) is 0 Å². The minimum absolute atomic E-state index is 0.121. The van der Waals surface area contributed by atoms with E-state index in [-0.39, 0.29) is 11.4 Å². The Morgan fingerprint density at radius 3 is 1.91 bits per heavy atom. The second-order valence-electron chi connectivity index (χ2n) is 5.60. The van der Waals surface area contributed by atoms with Crippen LogP contribution in [-0.4, -0.2) is 15.0 Å². The summed E-state index contributed by atoms with van der Waals surface area (Å²) in [5, 5.41) is -0.723. The van der Waals surface area contributed by atoms with E-state index in [2.05, 4.69) is 19.6 Å². The Morgan fingerprint density at radius 1 is 0.955 bits per heavy atom. The van der Waals surface area contributed by atoms with Gasteiger partial charge in [0.1, 0.15) is 11.1 Å². The van der Waals surface area contributed by atoms with Crippen molar-refractivity contribution in [2.75, 3.05) is 6.54 Å². The Hall–Kier alpha value is -1.72. The zero-order valence-corrected chi connectivity index (χ0v) is 13.6. The predicted molar refractivity (Wildman–Crippen MR) is 84.6 cm³/mol. The summed E-state index contributed by atoms with van der Waals surface area (Å²) in [5.41, 5.74) is 5.65. The van der Waals surface area contributed by atoms with Gasteiger partial charge in [0.25, 0.3) is 0 Å². The Balaban J connectivity index is 2.40. The molecule has 0 fully saturated rings. The van der Waals surface area contributed by atoms with Gasteiger partial charge in [-0.3, -0.25) is 0 Å². The van der Waals surface area contributed by atoms with Crippen LogP contribution in [-0.2, 0) is 9.84 Å². The van der Waals surface area contributed by atoms with Crippen molar-refractivity contribution in [3.05, 3.63) is 65.5 Å². The lowest BCUT2D eigenvalue weighted by molar-refractivity contribution is -0.367. The van der Waals surface area contributed by atoms with Gasteiger partial charge in [-0.05, 0) is 41.3 Å². The van der Waals surface area contributed by atoms with Crippen molar-refractivity contribution in [2.24, 2.45) is 0 Å². The van der Waals surface area contributed by atoms with Gasteiger partial charge in [0, 0.05) is 0 Å². The zero-order chi connectivity index (χ0) is 16.3. The topological polar surface area (TPSA) is 61.8 Å². The van der Waals surface area contributed by atoms with Crippen molar-refractivity contribution in [3.63, 3.8) is 0 Å². The Bertz CT molecular complexity index is 722. The van der Waals surface area contributed by atoms with E-state index in [0.717, 1.165) is 17.7 Å². The Morgan fingerprint density at radius 2 is 1.45 bits per heavy atom. The maximum Gasteiger partial charge on any atom is 0.190 e. The summed E-state index contributed by atoms with van der Waals surface area (Å²) in [7, 11) is -3.58. The third kappa shape index (κ3) is 3.36. The van der Waals surface area contributed by atoms with Crippen molar-refractivity contribution >= 4 is 9.84 Å². The first-order valence-electron chi connectivity index (χ1n) is 7.25. The quantitative estimate of drug-likeness (QED) is 0.860. The van der Waals surface area contributed by atoms with Crippen LogP contribution in [0.3, 0.4) is 0 Å². The predicted octanol–water partition coefficient (Wildman–Crippen LogP) is 2.71. The van der Waals surface area contributed by atoms with E-state index in [9.17, 15) is 12.8 Å². The van der Waals surface area contributed by atoms with E-state index < -0.39 is 20.9 Å². The molecule has 0 aliphatic heterocycles. The Labute approximate surface area is 130 Å². The largest absolute Gasteiger partial charge is 0.356 e. The molecule has 2 rings (SSSR count). The average molecular weight is 322 g/mol. The molecule has 22 heavy (non-hydrogen) atoms. The molecular formula is C17H21FNO2S+. The van der Waals surface area contributed by atoms with Crippen molar-refractivity contribution in [1.82, 2.24) is 0 Å². The fourth-order valence-corrected chi connectivity index (χ4v) is 4.05. The van der Waals surface area contributed by atoms with Gasteiger partial charge >= 0.3 is 0 Å². The molecule has 0 radical (unpaired) electrons. The maximum atomic E-state index is 13.0. The highest BCUT2D eigenvalue weighted by Gasteiger charge is 2.29. The molecule has 0 spiro atoms. The second kappa shape index (κ2) is 6.58. The van der Waals surface area contributed by atoms with E-state index in [0.29, 0.717) is 11.5 Å². The lowest BCUT2D eigenvalue weighted by Crippen LogP contribution is -2.54. The zero-order valence-electron chi connectivity index (χ0n) is 12.8. The highest BCUT2D eigenvalue weighted by Crippen LogP contribution is 2.29. The summed E-state index contributed by atoms with van der Waals surface area (Å²) in [6, 6.07) is 12.5. The third-order valence-corrected chi connectivity index (χ3v) is 5.94. The molecule has 0 unspecified atom stereocenters. The summed E-state index contributed by atoms with van der Waals surface area (Å²) in [5.74, 6) is -0.0626. The molecule has 0 amide bonds. The highest BCUT2D eigenvalue weighted by molar-refractivity contribution is 7.91. The van der Waals surface area contributed by atoms with Crippen LogP contribution in [0, 0.1) is 5.82 Å².